The number of aliphatic imine (C=N–C) groups is 1. The van der Waals surface area contributed by atoms with Gasteiger partial charge in [-0.25, -0.2) is 9.98 Å². The zero-order valence-corrected chi connectivity index (χ0v) is 19.3. The minimum atomic E-state index is 0. The van der Waals surface area contributed by atoms with E-state index >= 15 is 0 Å². The number of nitrogens with zero attached hydrogens (tertiary/aromatic N) is 2. The van der Waals surface area contributed by atoms with Crippen LogP contribution in [0.5, 0.6) is 5.75 Å². The number of thiazole rings is 1. The van der Waals surface area contributed by atoms with Gasteiger partial charge in [0.15, 0.2) is 5.96 Å². The third-order valence-corrected chi connectivity index (χ3v) is 4.76. The monoisotopic (exact) mass is 488 g/mol. The number of aryl methyl sites for hydroxylation is 3. The molecule has 0 radical (unpaired) electrons. The molecule has 1 heterocycles. The Morgan fingerprint density at radius 2 is 1.88 bits per heavy atom. The van der Waals surface area contributed by atoms with Gasteiger partial charge in [0.2, 0.25) is 0 Å². The fourth-order valence-electron chi connectivity index (χ4n) is 2.23. The first-order valence-corrected chi connectivity index (χ1v) is 9.48. The highest BCUT2D eigenvalue weighted by Gasteiger charge is 2.07. The molecule has 1 aromatic carbocycles. The van der Waals surface area contributed by atoms with Crippen LogP contribution in [-0.2, 0) is 6.54 Å². The van der Waals surface area contributed by atoms with Crippen molar-refractivity contribution in [1.82, 2.24) is 15.6 Å². The third-order valence-electron chi connectivity index (χ3n) is 3.70. The van der Waals surface area contributed by atoms with E-state index < -0.39 is 0 Å². The van der Waals surface area contributed by atoms with E-state index in [4.69, 9.17) is 4.74 Å². The van der Waals surface area contributed by atoms with Gasteiger partial charge in [0.25, 0.3) is 0 Å². The Labute approximate surface area is 177 Å². The predicted molar refractivity (Wildman–Crippen MR) is 121 cm³/mol. The molecule has 0 amide bonds. The molecule has 144 valence electrons. The number of rotatable bonds is 7. The van der Waals surface area contributed by atoms with Gasteiger partial charge in [-0.3, -0.25) is 0 Å². The summed E-state index contributed by atoms with van der Waals surface area (Å²) >= 11 is 1.70. The van der Waals surface area contributed by atoms with Crippen LogP contribution in [0, 0.1) is 20.8 Å². The standard InChI is InChI=1S/C19H28N4OS.HI/c1-6-20-19(22-12-18-23-15(4)16(5)25-18)21-11-14(3)24-17-9-7-13(2)8-10-17;/h7-10,14H,6,11-12H2,1-5H3,(H2,20,21,22);1H. The maximum absolute atomic E-state index is 5.92. The summed E-state index contributed by atoms with van der Waals surface area (Å²) in [6.07, 6.45) is 0.0379. The van der Waals surface area contributed by atoms with Crippen molar-refractivity contribution >= 4 is 41.3 Å². The molecule has 2 rings (SSSR count). The number of aromatic nitrogens is 1. The van der Waals surface area contributed by atoms with Gasteiger partial charge in [0, 0.05) is 11.4 Å². The number of hydrogen-bond acceptors (Lipinski definition) is 4. The molecule has 0 aliphatic rings. The number of ether oxygens (including phenoxy) is 1. The molecule has 0 aliphatic carbocycles. The smallest absolute Gasteiger partial charge is 0.191 e. The van der Waals surface area contributed by atoms with E-state index in [2.05, 4.69) is 53.5 Å². The summed E-state index contributed by atoms with van der Waals surface area (Å²) < 4.78 is 5.92. The first-order valence-electron chi connectivity index (χ1n) is 8.66. The quantitative estimate of drug-likeness (QED) is 0.348. The van der Waals surface area contributed by atoms with Crippen LogP contribution in [0.25, 0.3) is 0 Å². The summed E-state index contributed by atoms with van der Waals surface area (Å²) in [5.41, 5.74) is 2.32. The van der Waals surface area contributed by atoms with Crippen molar-refractivity contribution in [2.24, 2.45) is 4.99 Å². The molecule has 5 nitrogen and oxygen atoms in total. The first kappa shape index (κ1) is 22.7. The summed E-state index contributed by atoms with van der Waals surface area (Å²) in [6, 6.07) is 8.11. The zero-order chi connectivity index (χ0) is 18.2. The van der Waals surface area contributed by atoms with Crippen LogP contribution in [0.2, 0.25) is 0 Å². The van der Waals surface area contributed by atoms with Crippen LogP contribution in [-0.4, -0.2) is 30.1 Å². The predicted octanol–water partition coefficient (Wildman–Crippen LogP) is 4.21. The second-order valence-electron chi connectivity index (χ2n) is 6.07. The fraction of sp³-hybridized carbons (Fsp3) is 0.474. The summed E-state index contributed by atoms with van der Waals surface area (Å²) in [5.74, 6) is 1.67. The molecule has 26 heavy (non-hydrogen) atoms. The topological polar surface area (TPSA) is 58.5 Å². The first-order chi connectivity index (χ1) is 12.0. The van der Waals surface area contributed by atoms with Crippen LogP contribution < -0.4 is 15.4 Å². The molecule has 1 atom stereocenters. The fourth-order valence-corrected chi connectivity index (χ4v) is 3.08. The number of halogens is 1. The molecule has 2 N–H and O–H groups in total. The van der Waals surface area contributed by atoms with Crippen LogP contribution in [0.4, 0.5) is 0 Å². The highest BCUT2D eigenvalue weighted by molar-refractivity contribution is 14.0. The van der Waals surface area contributed by atoms with Crippen molar-refractivity contribution in [3.05, 3.63) is 45.4 Å². The van der Waals surface area contributed by atoms with Crippen molar-refractivity contribution < 1.29 is 4.74 Å². The lowest BCUT2D eigenvalue weighted by molar-refractivity contribution is 0.224. The number of benzene rings is 1. The van der Waals surface area contributed by atoms with E-state index in [1.807, 2.05) is 26.0 Å². The molecule has 0 saturated heterocycles. The summed E-state index contributed by atoms with van der Waals surface area (Å²) in [6.45, 7) is 12.4. The Kier molecular flexibility index (Phi) is 9.93. The second-order valence-corrected chi connectivity index (χ2v) is 7.35. The van der Waals surface area contributed by atoms with E-state index in [0.717, 1.165) is 29.0 Å². The summed E-state index contributed by atoms with van der Waals surface area (Å²) in [5, 5.41) is 7.63. The molecule has 0 aliphatic heterocycles. The molecule has 2 aromatic rings. The largest absolute Gasteiger partial charge is 0.489 e. The Bertz CT molecular complexity index is 681. The number of guanidine groups is 1. The minimum Gasteiger partial charge on any atom is -0.489 e. The van der Waals surface area contributed by atoms with Gasteiger partial charge in [-0.2, -0.15) is 0 Å². The lowest BCUT2D eigenvalue weighted by atomic mass is 10.2. The van der Waals surface area contributed by atoms with Gasteiger partial charge < -0.3 is 15.4 Å². The average Bonchev–Trinajstić information content (AvgIpc) is 2.90. The normalized spacial score (nSPS) is 12.3. The van der Waals surface area contributed by atoms with Crippen molar-refractivity contribution in [2.45, 2.75) is 47.3 Å². The molecule has 1 aromatic heterocycles. The minimum absolute atomic E-state index is 0. The molecule has 0 bridgehead atoms. The van der Waals surface area contributed by atoms with E-state index in [-0.39, 0.29) is 30.1 Å². The summed E-state index contributed by atoms with van der Waals surface area (Å²) in [7, 11) is 0. The van der Waals surface area contributed by atoms with Crippen LogP contribution in [0.3, 0.4) is 0 Å². The van der Waals surface area contributed by atoms with Gasteiger partial charge in [-0.05, 0) is 46.8 Å². The van der Waals surface area contributed by atoms with E-state index in [9.17, 15) is 0 Å². The Hall–Kier alpha value is -1.35. The van der Waals surface area contributed by atoms with Crippen molar-refractivity contribution in [2.75, 3.05) is 13.1 Å². The highest BCUT2D eigenvalue weighted by atomic mass is 127. The lowest BCUT2D eigenvalue weighted by Gasteiger charge is -2.17. The van der Waals surface area contributed by atoms with Gasteiger partial charge in [-0.15, -0.1) is 35.3 Å². The second kappa shape index (κ2) is 11.4. The highest BCUT2D eigenvalue weighted by Crippen LogP contribution is 2.17. The van der Waals surface area contributed by atoms with E-state index in [0.29, 0.717) is 13.1 Å². The number of nitrogens with one attached hydrogen (secondary N) is 2. The Morgan fingerprint density at radius 3 is 2.46 bits per heavy atom. The van der Waals surface area contributed by atoms with E-state index in [1.54, 1.807) is 11.3 Å². The molecular formula is C19H29IN4OS. The van der Waals surface area contributed by atoms with Crippen molar-refractivity contribution in [3.8, 4) is 5.75 Å². The van der Waals surface area contributed by atoms with Crippen molar-refractivity contribution in [3.63, 3.8) is 0 Å². The zero-order valence-electron chi connectivity index (χ0n) is 16.1. The van der Waals surface area contributed by atoms with Gasteiger partial charge in [-0.1, -0.05) is 17.7 Å². The Morgan fingerprint density at radius 1 is 1.19 bits per heavy atom. The van der Waals surface area contributed by atoms with Crippen LogP contribution >= 0.6 is 35.3 Å². The maximum Gasteiger partial charge on any atom is 0.191 e. The summed E-state index contributed by atoms with van der Waals surface area (Å²) in [4.78, 5) is 10.4. The van der Waals surface area contributed by atoms with Crippen LogP contribution in [0.1, 0.15) is 35.0 Å². The molecule has 1 unspecified atom stereocenters. The lowest BCUT2D eigenvalue weighted by Crippen LogP contribution is -2.41. The Balaban J connectivity index is 0.00000338. The van der Waals surface area contributed by atoms with E-state index in [1.165, 1.54) is 10.4 Å². The molecule has 0 saturated carbocycles. The van der Waals surface area contributed by atoms with Gasteiger partial charge in [0.1, 0.15) is 16.9 Å². The SMILES string of the molecule is CCNC(=NCc1nc(C)c(C)s1)NCC(C)Oc1ccc(C)cc1.I. The van der Waals surface area contributed by atoms with Crippen LogP contribution in [0.15, 0.2) is 29.3 Å². The van der Waals surface area contributed by atoms with Gasteiger partial charge in [0.05, 0.1) is 18.8 Å². The molecule has 7 heteroatoms. The van der Waals surface area contributed by atoms with Crippen molar-refractivity contribution in [1.29, 1.82) is 0 Å². The molecule has 0 spiro atoms. The number of hydrogen-bond donors (Lipinski definition) is 2. The average molecular weight is 488 g/mol. The molecule has 0 fully saturated rings. The maximum atomic E-state index is 5.92. The third kappa shape index (κ3) is 7.49. The molecular weight excluding hydrogens is 459 g/mol. The van der Waals surface area contributed by atoms with Gasteiger partial charge >= 0.3 is 0 Å².